The number of para-hydroxylation sites is 2. The highest BCUT2D eigenvalue weighted by Crippen LogP contribution is 2.49. The normalized spacial score (nSPS) is 22.8. The molecule has 0 radical (unpaired) electrons. The molecular formula is C25H23F4N3O4S. The summed E-state index contributed by atoms with van der Waals surface area (Å²) in [5.41, 5.74) is 1.25. The van der Waals surface area contributed by atoms with Crippen LogP contribution in [0, 0.1) is 10.6 Å². The fourth-order valence-electron chi connectivity index (χ4n) is 4.80. The molecule has 1 heterocycles. The number of anilines is 2. The summed E-state index contributed by atoms with van der Waals surface area (Å²) in [5, 5.41) is 11.4. The van der Waals surface area contributed by atoms with Gasteiger partial charge < -0.3 is 19.5 Å². The van der Waals surface area contributed by atoms with Gasteiger partial charge in [-0.05, 0) is 67.8 Å². The maximum absolute atomic E-state index is 14.0. The number of alkyl halides is 3. The Bertz CT molecular complexity index is 1400. The Hall–Kier alpha value is -3.35. The van der Waals surface area contributed by atoms with E-state index in [-0.39, 0.29) is 4.90 Å². The average molecular weight is 538 g/mol. The Labute approximate surface area is 210 Å². The number of benzene rings is 3. The fourth-order valence-corrected chi connectivity index (χ4v) is 6.14. The standard InChI is InChI=1S/C25H23F4N3O4S/c26-15-8-13-20-23(14-15)35-22-7-2-1-5-19(22)32(20)21-6-3-4-18(24(21)33)31-37(30,34)17-11-9-16(10-12-17)36-25(27,28)29/h1-2,5,7-14,18,21,24,33H,3-4,6H2,(H2,30,31,34). The van der Waals surface area contributed by atoms with Gasteiger partial charge in [0.25, 0.3) is 0 Å². The highest BCUT2D eigenvalue weighted by Gasteiger charge is 2.41. The van der Waals surface area contributed by atoms with E-state index >= 15 is 0 Å². The lowest BCUT2D eigenvalue weighted by Gasteiger charge is -2.45. The van der Waals surface area contributed by atoms with E-state index in [0.717, 1.165) is 24.3 Å². The van der Waals surface area contributed by atoms with Crippen molar-refractivity contribution >= 4 is 21.3 Å². The molecule has 0 saturated heterocycles. The molecule has 4 atom stereocenters. The molecule has 3 aromatic carbocycles. The molecule has 0 aromatic heterocycles. The van der Waals surface area contributed by atoms with Crippen molar-refractivity contribution in [3.8, 4) is 17.2 Å². The summed E-state index contributed by atoms with van der Waals surface area (Å²) in [6.07, 6.45) is -4.34. The van der Waals surface area contributed by atoms with Crippen LogP contribution in [0.3, 0.4) is 0 Å². The molecule has 1 fully saturated rings. The van der Waals surface area contributed by atoms with Gasteiger partial charge in [0.15, 0.2) is 11.5 Å². The quantitative estimate of drug-likeness (QED) is 0.355. The van der Waals surface area contributed by atoms with Gasteiger partial charge in [0, 0.05) is 12.1 Å². The molecule has 196 valence electrons. The number of rotatable bonds is 5. The molecule has 3 aromatic rings. The van der Waals surface area contributed by atoms with E-state index in [0.29, 0.717) is 42.1 Å². The SMILES string of the molecule is N=S(=O)(NC1CCCC(N2c3ccccc3Oc3cc(F)ccc32)C1O)c1ccc(OC(F)(F)F)cc1. The lowest BCUT2D eigenvalue weighted by Crippen LogP contribution is -2.55. The van der Waals surface area contributed by atoms with E-state index in [1.54, 1.807) is 18.2 Å². The number of aliphatic hydroxyl groups is 1. The van der Waals surface area contributed by atoms with Gasteiger partial charge in [-0.3, -0.25) is 0 Å². The number of nitrogens with one attached hydrogen (secondary N) is 2. The zero-order valence-corrected chi connectivity index (χ0v) is 20.1. The van der Waals surface area contributed by atoms with Crippen molar-refractivity contribution < 1.29 is 36.4 Å². The summed E-state index contributed by atoms with van der Waals surface area (Å²) in [7, 11) is -3.67. The van der Waals surface area contributed by atoms with Gasteiger partial charge in [-0.2, -0.15) is 0 Å². The first-order valence-corrected chi connectivity index (χ1v) is 13.0. The average Bonchev–Trinajstić information content (AvgIpc) is 2.83. The van der Waals surface area contributed by atoms with E-state index in [1.807, 2.05) is 17.0 Å². The number of aliphatic hydroxyl groups excluding tert-OH is 1. The van der Waals surface area contributed by atoms with E-state index in [2.05, 4.69) is 9.46 Å². The molecular weight excluding hydrogens is 514 g/mol. The number of nitrogens with zero attached hydrogens (tertiary/aromatic N) is 1. The van der Waals surface area contributed by atoms with Gasteiger partial charge in [0.2, 0.25) is 0 Å². The minimum Gasteiger partial charge on any atom is -0.453 e. The van der Waals surface area contributed by atoms with Gasteiger partial charge in [-0.15, -0.1) is 13.2 Å². The van der Waals surface area contributed by atoms with Gasteiger partial charge >= 0.3 is 6.36 Å². The second-order valence-corrected chi connectivity index (χ2v) is 10.7. The predicted octanol–water partition coefficient (Wildman–Crippen LogP) is 5.86. The second kappa shape index (κ2) is 9.51. The lowest BCUT2D eigenvalue weighted by molar-refractivity contribution is -0.274. The molecule has 2 aliphatic rings. The zero-order chi connectivity index (χ0) is 26.4. The minimum absolute atomic E-state index is 0.0473. The molecule has 12 heteroatoms. The first kappa shape index (κ1) is 25.3. The van der Waals surface area contributed by atoms with Gasteiger partial charge in [-0.1, -0.05) is 12.1 Å². The summed E-state index contributed by atoms with van der Waals surface area (Å²) in [4.78, 5) is 1.83. The molecule has 1 aliphatic carbocycles. The maximum Gasteiger partial charge on any atom is 0.573 e. The van der Waals surface area contributed by atoms with Crippen LogP contribution in [0.2, 0.25) is 0 Å². The van der Waals surface area contributed by atoms with Crippen molar-refractivity contribution in [3.05, 3.63) is 72.5 Å². The Balaban J connectivity index is 1.40. The predicted molar refractivity (Wildman–Crippen MR) is 128 cm³/mol. The molecule has 0 bridgehead atoms. The highest BCUT2D eigenvalue weighted by molar-refractivity contribution is 7.90. The number of hydrogen-bond donors (Lipinski definition) is 3. The van der Waals surface area contributed by atoms with Crippen molar-refractivity contribution in [2.45, 2.75) is 48.7 Å². The third kappa shape index (κ3) is 5.22. The van der Waals surface area contributed by atoms with Crippen LogP contribution >= 0.6 is 0 Å². The number of fused-ring (bicyclic) bond motifs is 2. The van der Waals surface area contributed by atoms with Crippen LogP contribution in [0.25, 0.3) is 0 Å². The Morgan fingerprint density at radius 3 is 2.46 bits per heavy atom. The minimum atomic E-state index is -4.87. The van der Waals surface area contributed by atoms with Crippen LogP contribution in [0.5, 0.6) is 17.2 Å². The topological polar surface area (TPSA) is 94.9 Å². The van der Waals surface area contributed by atoms with E-state index in [1.165, 1.54) is 12.1 Å². The number of ether oxygens (including phenoxy) is 2. The number of hydrogen-bond acceptors (Lipinski definition) is 6. The Morgan fingerprint density at radius 2 is 1.73 bits per heavy atom. The highest BCUT2D eigenvalue weighted by atomic mass is 32.2. The van der Waals surface area contributed by atoms with Crippen molar-refractivity contribution in [2.75, 3.05) is 4.90 Å². The lowest BCUT2D eigenvalue weighted by atomic mass is 9.86. The van der Waals surface area contributed by atoms with Crippen LogP contribution in [-0.4, -0.2) is 33.9 Å². The van der Waals surface area contributed by atoms with Gasteiger partial charge in [0.05, 0.1) is 28.4 Å². The largest absolute Gasteiger partial charge is 0.573 e. The summed E-state index contributed by atoms with van der Waals surface area (Å²) < 4.78 is 85.3. The molecule has 0 spiro atoms. The van der Waals surface area contributed by atoms with Crippen LogP contribution in [0.4, 0.5) is 28.9 Å². The van der Waals surface area contributed by atoms with E-state index < -0.39 is 46.0 Å². The van der Waals surface area contributed by atoms with Crippen molar-refractivity contribution in [1.29, 1.82) is 4.78 Å². The smallest absolute Gasteiger partial charge is 0.453 e. The Morgan fingerprint density at radius 1 is 1.03 bits per heavy atom. The molecule has 7 nitrogen and oxygen atoms in total. The van der Waals surface area contributed by atoms with Crippen molar-refractivity contribution in [1.82, 2.24) is 4.72 Å². The molecule has 37 heavy (non-hydrogen) atoms. The van der Waals surface area contributed by atoms with Gasteiger partial charge in [0.1, 0.15) is 21.5 Å². The maximum atomic E-state index is 14.0. The summed E-state index contributed by atoms with van der Waals surface area (Å²) in [5.74, 6) is -0.174. The molecule has 1 aliphatic heterocycles. The first-order chi connectivity index (χ1) is 17.5. The van der Waals surface area contributed by atoms with Crippen LogP contribution in [0.15, 0.2) is 71.6 Å². The van der Waals surface area contributed by atoms with Crippen molar-refractivity contribution in [3.63, 3.8) is 0 Å². The van der Waals surface area contributed by atoms with Gasteiger partial charge in [-0.25, -0.2) is 18.1 Å². The summed E-state index contributed by atoms with van der Waals surface area (Å²) in [6.45, 7) is 0. The fraction of sp³-hybridized carbons (Fsp3) is 0.280. The molecule has 1 saturated carbocycles. The van der Waals surface area contributed by atoms with E-state index in [9.17, 15) is 26.9 Å². The summed E-state index contributed by atoms with van der Waals surface area (Å²) in [6, 6.07) is 14.3. The second-order valence-electron chi connectivity index (χ2n) is 8.84. The summed E-state index contributed by atoms with van der Waals surface area (Å²) >= 11 is 0. The Kier molecular flexibility index (Phi) is 6.50. The van der Waals surface area contributed by atoms with Crippen LogP contribution in [0.1, 0.15) is 19.3 Å². The zero-order valence-electron chi connectivity index (χ0n) is 19.2. The molecule has 4 unspecified atom stereocenters. The van der Waals surface area contributed by atoms with Crippen LogP contribution < -0.4 is 19.1 Å². The molecule has 5 rings (SSSR count). The third-order valence-corrected chi connectivity index (χ3v) is 7.96. The van der Waals surface area contributed by atoms with E-state index in [4.69, 9.17) is 9.52 Å². The third-order valence-electron chi connectivity index (χ3n) is 6.39. The van der Waals surface area contributed by atoms with Crippen molar-refractivity contribution in [2.24, 2.45) is 0 Å². The number of halogens is 4. The van der Waals surface area contributed by atoms with Crippen LogP contribution in [-0.2, 0) is 9.92 Å². The molecule has 3 N–H and O–H groups in total. The first-order valence-electron chi connectivity index (χ1n) is 11.5. The monoisotopic (exact) mass is 537 g/mol. The molecule has 0 amide bonds.